The molecule has 0 unspecified atom stereocenters. The Balaban J connectivity index is 2.16. The predicted molar refractivity (Wildman–Crippen MR) is 110 cm³/mol. The summed E-state index contributed by atoms with van der Waals surface area (Å²) >= 11 is 0. The van der Waals surface area contributed by atoms with Gasteiger partial charge in [-0.3, -0.25) is 14.6 Å². The molecule has 0 N–H and O–H groups in total. The summed E-state index contributed by atoms with van der Waals surface area (Å²) in [4.78, 5) is 43.4. The third kappa shape index (κ3) is 3.76. The van der Waals surface area contributed by atoms with Gasteiger partial charge in [-0.25, -0.2) is 4.79 Å². The second-order valence-electron chi connectivity index (χ2n) is 7.64. The Morgan fingerprint density at radius 3 is 2.37 bits per heavy atom. The predicted octanol–water partition coefficient (Wildman–Crippen LogP) is 3.08. The average Bonchev–Trinajstić information content (AvgIpc) is 2.72. The number of hydrogen-bond donors (Lipinski definition) is 0. The lowest BCUT2D eigenvalue weighted by atomic mass is 9.64. The summed E-state index contributed by atoms with van der Waals surface area (Å²) in [7, 11) is 2.85. The summed E-state index contributed by atoms with van der Waals surface area (Å²) in [6.07, 6.45) is 0.482. The van der Waals surface area contributed by atoms with Crippen molar-refractivity contribution >= 4 is 23.4 Å². The fourth-order valence-corrected chi connectivity index (χ4v) is 4.48. The molecule has 1 aliphatic carbocycles. The van der Waals surface area contributed by atoms with Crippen LogP contribution < -0.4 is 4.74 Å². The molecule has 2 aliphatic rings. The van der Waals surface area contributed by atoms with Crippen LogP contribution in [0.1, 0.15) is 38.7 Å². The molecule has 1 saturated carbocycles. The monoisotopic (exact) mass is 413 g/mol. The number of ether oxygens (including phenoxy) is 3. The van der Waals surface area contributed by atoms with Crippen LogP contribution in [-0.2, 0) is 23.9 Å². The maximum absolute atomic E-state index is 13.5. The molecule has 0 radical (unpaired) electrons. The van der Waals surface area contributed by atoms with E-state index in [9.17, 15) is 14.4 Å². The number of rotatable bonds is 5. The van der Waals surface area contributed by atoms with Crippen molar-refractivity contribution in [2.24, 2.45) is 22.7 Å². The molecule has 1 aromatic rings. The summed E-state index contributed by atoms with van der Waals surface area (Å²) in [5, 5.41) is 0. The molecule has 0 spiro atoms. The Morgan fingerprint density at radius 2 is 1.80 bits per heavy atom. The molecular weight excluding hydrogens is 386 g/mol. The van der Waals surface area contributed by atoms with E-state index in [2.05, 4.69) is 4.99 Å². The molecule has 1 fully saturated rings. The molecular formula is C23H27NO6. The smallest absolute Gasteiger partial charge is 0.336 e. The van der Waals surface area contributed by atoms with E-state index in [1.54, 1.807) is 33.1 Å². The lowest BCUT2D eigenvalue weighted by molar-refractivity contribution is -0.152. The summed E-state index contributed by atoms with van der Waals surface area (Å²) in [5.41, 5.74) is 2.35. The third-order valence-corrected chi connectivity index (χ3v) is 5.84. The van der Waals surface area contributed by atoms with Crippen LogP contribution in [0, 0.1) is 17.8 Å². The van der Waals surface area contributed by atoms with E-state index in [1.165, 1.54) is 7.11 Å². The Hall–Kier alpha value is -2.96. The van der Waals surface area contributed by atoms with Crippen LogP contribution in [0.25, 0.3) is 0 Å². The number of methoxy groups -OCH3 is 2. The molecule has 0 bridgehead atoms. The van der Waals surface area contributed by atoms with E-state index >= 15 is 0 Å². The van der Waals surface area contributed by atoms with Crippen molar-refractivity contribution < 1.29 is 28.6 Å². The first-order chi connectivity index (χ1) is 14.3. The summed E-state index contributed by atoms with van der Waals surface area (Å²) in [6, 6.07) is 7.23. The summed E-state index contributed by atoms with van der Waals surface area (Å²) in [5.74, 6) is -3.08. The van der Waals surface area contributed by atoms with Gasteiger partial charge in [0.15, 0.2) is 5.78 Å². The van der Waals surface area contributed by atoms with Gasteiger partial charge in [-0.15, -0.1) is 0 Å². The van der Waals surface area contributed by atoms with Gasteiger partial charge in [0, 0.05) is 17.3 Å². The Bertz CT molecular complexity index is 914. The van der Waals surface area contributed by atoms with Gasteiger partial charge >= 0.3 is 11.9 Å². The van der Waals surface area contributed by atoms with Crippen molar-refractivity contribution in [3.05, 3.63) is 41.1 Å². The standard InChI is InChI=1S/C23H27NO6/c1-6-30-23(27)18-13(3)24-16-11-12(2)17(22(26)29-5)21(25)20(16)19(18)14-7-9-15(28-4)10-8-14/h7-10,12,17,19-20H,6,11H2,1-5H3/t12-,17-,19-,20-/m1/s1. The first-order valence-electron chi connectivity index (χ1n) is 10.0. The third-order valence-electron chi connectivity index (χ3n) is 5.84. The van der Waals surface area contributed by atoms with Crippen molar-refractivity contribution in [1.82, 2.24) is 0 Å². The lowest BCUT2D eigenvalue weighted by Gasteiger charge is -2.40. The van der Waals surface area contributed by atoms with Crippen molar-refractivity contribution in [3.63, 3.8) is 0 Å². The van der Waals surface area contributed by atoms with Gasteiger partial charge in [0.2, 0.25) is 0 Å². The maximum Gasteiger partial charge on any atom is 0.336 e. The van der Waals surface area contributed by atoms with E-state index in [0.29, 0.717) is 29.2 Å². The van der Waals surface area contributed by atoms with Gasteiger partial charge in [0.25, 0.3) is 0 Å². The van der Waals surface area contributed by atoms with Crippen LogP contribution in [0.5, 0.6) is 5.75 Å². The number of carbonyl (C=O) groups excluding carboxylic acids is 3. The molecule has 1 heterocycles. The van der Waals surface area contributed by atoms with E-state index in [0.717, 1.165) is 5.56 Å². The molecule has 7 nitrogen and oxygen atoms in total. The highest BCUT2D eigenvalue weighted by molar-refractivity contribution is 6.17. The highest BCUT2D eigenvalue weighted by Crippen LogP contribution is 2.46. The number of aliphatic imine (C=N–C) groups is 1. The minimum absolute atomic E-state index is 0.210. The van der Waals surface area contributed by atoms with Gasteiger partial charge in [-0.05, 0) is 43.9 Å². The minimum Gasteiger partial charge on any atom is -0.497 e. The van der Waals surface area contributed by atoms with E-state index in [-0.39, 0.29) is 18.3 Å². The van der Waals surface area contributed by atoms with Crippen molar-refractivity contribution in [2.45, 2.75) is 33.1 Å². The fraction of sp³-hybridized carbons (Fsp3) is 0.478. The number of benzene rings is 1. The van der Waals surface area contributed by atoms with Gasteiger partial charge in [0.1, 0.15) is 11.7 Å². The van der Waals surface area contributed by atoms with Crippen LogP contribution in [0.4, 0.5) is 0 Å². The van der Waals surface area contributed by atoms with Crippen LogP contribution in [0.2, 0.25) is 0 Å². The number of fused-ring (bicyclic) bond motifs is 1. The van der Waals surface area contributed by atoms with Crippen LogP contribution >= 0.6 is 0 Å². The first kappa shape index (κ1) is 21.7. The Kier molecular flexibility index (Phi) is 6.39. The molecule has 0 amide bonds. The second-order valence-corrected chi connectivity index (χ2v) is 7.64. The zero-order valence-corrected chi connectivity index (χ0v) is 17.9. The fourth-order valence-electron chi connectivity index (χ4n) is 4.48. The molecule has 0 aromatic heterocycles. The van der Waals surface area contributed by atoms with Crippen molar-refractivity contribution in [2.75, 3.05) is 20.8 Å². The Labute approximate surface area is 176 Å². The molecule has 0 saturated heterocycles. The van der Waals surface area contributed by atoms with Gasteiger partial charge in [-0.2, -0.15) is 0 Å². The molecule has 30 heavy (non-hydrogen) atoms. The number of ketones is 1. The quantitative estimate of drug-likeness (QED) is 0.544. The highest BCUT2D eigenvalue weighted by Gasteiger charge is 2.51. The Morgan fingerprint density at radius 1 is 1.13 bits per heavy atom. The summed E-state index contributed by atoms with van der Waals surface area (Å²) in [6.45, 7) is 5.55. The summed E-state index contributed by atoms with van der Waals surface area (Å²) < 4.78 is 15.4. The van der Waals surface area contributed by atoms with Gasteiger partial charge in [-0.1, -0.05) is 19.1 Å². The zero-order valence-electron chi connectivity index (χ0n) is 17.9. The van der Waals surface area contributed by atoms with E-state index in [4.69, 9.17) is 14.2 Å². The van der Waals surface area contributed by atoms with Gasteiger partial charge < -0.3 is 14.2 Å². The minimum atomic E-state index is -0.887. The normalized spacial score (nSPS) is 25.9. The maximum atomic E-state index is 13.5. The molecule has 7 heteroatoms. The first-order valence-corrected chi connectivity index (χ1v) is 10.0. The highest BCUT2D eigenvalue weighted by atomic mass is 16.5. The molecule has 3 rings (SSSR count). The largest absolute Gasteiger partial charge is 0.497 e. The SMILES string of the molecule is CCOC(=O)C1=C(C)N=C2C[C@@H](C)[C@@H](C(=O)OC)C(=O)[C@H]2[C@@H]1c1ccc(OC)cc1. The number of esters is 2. The zero-order chi connectivity index (χ0) is 22.0. The van der Waals surface area contributed by atoms with E-state index < -0.39 is 29.7 Å². The topological polar surface area (TPSA) is 91.3 Å². The molecule has 1 aromatic carbocycles. The van der Waals surface area contributed by atoms with Crippen molar-refractivity contribution in [1.29, 1.82) is 0 Å². The second kappa shape index (κ2) is 8.81. The van der Waals surface area contributed by atoms with Crippen molar-refractivity contribution in [3.8, 4) is 5.75 Å². The number of allylic oxidation sites excluding steroid dienone is 1. The van der Waals surface area contributed by atoms with E-state index in [1.807, 2.05) is 19.1 Å². The lowest BCUT2D eigenvalue weighted by Crippen LogP contribution is -2.48. The molecule has 1 aliphatic heterocycles. The molecule has 4 atom stereocenters. The van der Waals surface area contributed by atoms with Gasteiger partial charge in [0.05, 0.1) is 32.3 Å². The number of nitrogens with zero attached hydrogens (tertiary/aromatic N) is 1. The number of carbonyl (C=O) groups is 3. The van der Waals surface area contributed by atoms with Crippen LogP contribution in [0.3, 0.4) is 0 Å². The average molecular weight is 413 g/mol. The van der Waals surface area contributed by atoms with Crippen LogP contribution in [-0.4, -0.2) is 44.3 Å². The molecule has 160 valence electrons. The number of hydrogen-bond acceptors (Lipinski definition) is 7. The van der Waals surface area contributed by atoms with Crippen LogP contribution in [0.15, 0.2) is 40.5 Å². The number of Topliss-reactive ketones (excluding diaryl/α,β-unsaturated/α-hetero) is 1.